The highest BCUT2D eigenvalue weighted by molar-refractivity contribution is 6.04. The summed E-state index contributed by atoms with van der Waals surface area (Å²) in [6.45, 7) is 1.93. The third kappa shape index (κ3) is 3.02. The van der Waals surface area contributed by atoms with E-state index in [4.69, 9.17) is 5.11 Å². The number of phenols is 1. The molecule has 1 aromatic carbocycles. The molecule has 2 aromatic rings. The number of amides is 1. The lowest BCUT2D eigenvalue weighted by Gasteiger charge is -2.07. The van der Waals surface area contributed by atoms with E-state index in [1.54, 1.807) is 13.1 Å². The normalized spacial score (nSPS) is 10.4. The molecular weight excluding hydrogens is 274 g/mol. The highest BCUT2D eigenvalue weighted by atomic mass is 16.4. The number of benzene rings is 1. The Balaban J connectivity index is 2.25. The summed E-state index contributed by atoms with van der Waals surface area (Å²) in [5.41, 5.74) is 1.18. The summed E-state index contributed by atoms with van der Waals surface area (Å²) in [4.78, 5) is 23.1. The SMILES string of the molecule is CCc1cc(C(=O)Nc2ccc(O)c(C(=O)O)c2)n(C)n1. The zero-order valence-electron chi connectivity index (χ0n) is 11.6. The number of aromatic nitrogens is 2. The van der Waals surface area contributed by atoms with Gasteiger partial charge in [0.1, 0.15) is 17.0 Å². The maximum absolute atomic E-state index is 12.1. The van der Waals surface area contributed by atoms with Crippen molar-refractivity contribution in [2.45, 2.75) is 13.3 Å². The summed E-state index contributed by atoms with van der Waals surface area (Å²) < 4.78 is 1.46. The van der Waals surface area contributed by atoms with E-state index in [-0.39, 0.29) is 17.0 Å². The van der Waals surface area contributed by atoms with Gasteiger partial charge in [0.05, 0.1) is 5.69 Å². The molecule has 0 fully saturated rings. The monoisotopic (exact) mass is 289 g/mol. The number of aryl methyl sites for hydroxylation is 2. The predicted octanol–water partition coefficient (Wildman–Crippen LogP) is 1.64. The van der Waals surface area contributed by atoms with Crippen LogP contribution < -0.4 is 5.32 Å². The van der Waals surface area contributed by atoms with Gasteiger partial charge in [-0.1, -0.05) is 6.92 Å². The fourth-order valence-corrected chi connectivity index (χ4v) is 1.89. The number of hydrogen-bond acceptors (Lipinski definition) is 4. The zero-order valence-corrected chi connectivity index (χ0v) is 11.6. The van der Waals surface area contributed by atoms with E-state index in [1.807, 2.05) is 6.92 Å². The third-order valence-electron chi connectivity index (χ3n) is 3.01. The van der Waals surface area contributed by atoms with E-state index in [0.29, 0.717) is 12.1 Å². The Hall–Kier alpha value is -2.83. The second kappa shape index (κ2) is 5.66. The van der Waals surface area contributed by atoms with Crippen LogP contribution in [-0.4, -0.2) is 31.9 Å². The first-order valence-corrected chi connectivity index (χ1v) is 6.33. The zero-order chi connectivity index (χ0) is 15.6. The molecule has 7 nitrogen and oxygen atoms in total. The van der Waals surface area contributed by atoms with Gasteiger partial charge in [0.2, 0.25) is 0 Å². The number of carbonyl (C=O) groups excluding carboxylic acids is 1. The number of carbonyl (C=O) groups is 2. The number of nitrogens with zero attached hydrogens (tertiary/aromatic N) is 2. The first-order valence-electron chi connectivity index (χ1n) is 6.33. The number of rotatable bonds is 4. The second-order valence-electron chi connectivity index (χ2n) is 4.49. The number of aromatic carboxylic acids is 1. The molecule has 1 heterocycles. The minimum Gasteiger partial charge on any atom is -0.507 e. The van der Waals surface area contributed by atoms with E-state index in [9.17, 15) is 14.7 Å². The Morgan fingerprint density at radius 1 is 1.33 bits per heavy atom. The van der Waals surface area contributed by atoms with Crippen molar-refractivity contribution < 1.29 is 19.8 Å². The molecule has 1 aromatic heterocycles. The fourth-order valence-electron chi connectivity index (χ4n) is 1.89. The average molecular weight is 289 g/mol. The molecule has 0 saturated carbocycles. The van der Waals surface area contributed by atoms with Crippen LogP contribution in [0.2, 0.25) is 0 Å². The maximum atomic E-state index is 12.1. The van der Waals surface area contributed by atoms with Gasteiger partial charge >= 0.3 is 5.97 Å². The van der Waals surface area contributed by atoms with Gasteiger partial charge in [0.15, 0.2) is 0 Å². The van der Waals surface area contributed by atoms with Crippen LogP contribution >= 0.6 is 0 Å². The Morgan fingerprint density at radius 3 is 2.62 bits per heavy atom. The smallest absolute Gasteiger partial charge is 0.339 e. The largest absolute Gasteiger partial charge is 0.507 e. The molecule has 2 rings (SSSR count). The third-order valence-corrected chi connectivity index (χ3v) is 3.01. The minimum absolute atomic E-state index is 0.271. The van der Waals surface area contributed by atoms with Crippen molar-refractivity contribution in [3.05, 3.63) is 41.2 Å². The number of nitrogens with one attached hydrogen (secondary N) is 1. The van der Waals surface area contributed by atoms with E-state index in [0.717, 1.165) is 5.69 Å². The molecule has 0 aliphatic heterocycles. The lowest BCUT2D eigenvalue weighted by molar-refractivity contribution is 0.0693. The van der Waals surface area contributed by atoms with Crippen molar-refractivity contribution in [1.29, 1.82) is 0 Å². The number of anilines is 1. The molecule has 3 N–H and O–H groups in total. The Morgan fingerprint density at radius 2 is 2.05 bits per heavy atom. The standard InChI is InChI=1S/C14H15N3O4/c1-3-8-7-11(17(2)16-8)13(19)15-9-4-5-12(18)10(6-9)14(20)21/h4-7,18H,3H2,1-2H3,(H,15,19)(H,20,21). The summed E-state index contributed by atoms with van der Waals surface area (Å²) in [6, 6.07) is 5.52. The summed E-state index contributed by atoms with van der Waals surface area (Å²) in [5.74, 6) is -2.02. The number of hydrogen-bond donors (Lipinski definition) is 3. The van der Waals surface area contributed by atoms with E-state index < -0.39 is 11.9 Å². The fraction of sp³-hybridized carbons (Fsp3) is 0.214. The van der Waals surface area contributed by atoms with Crippen LogP contribution in [0.4, 0.5) is 5.69 Å². The molecule has 0 aliphatic carbocycles. The molecule has 0 aliphatic rings. The lowest BCUT2D eigenvalue weighted by Crippen LogP contribution is -2.16. The molecule has 21 heavy (non-hydrogen) atoms. The number of aromatic hydroxyl groups is 1. The van der Waals surface area contributed by atoms with Crippen molar-refractivity contribution in [2.24, 2.45) is 7.05 Å². The Bertz CT molecular complexity index is 706. The summed E-state index contributed by atoms with van der Waals surface area (Å²) in [6.07, 6.45) is 0.712. The molecule has 0 saturated heterocycles. The van der Waals surface area contributed by atoms with Gasteiger partial charge in [0, 0.05) is 12.7 Å². The molecule has 7 heteroatoms. The summed E-state index contributed by atoms with van der Waals surface area (Å²) >= 11 is 0. The Kier molecular flexibility index (Phi) is 3.93. The quantitative estimate of drug-likeness (QED) is 0.742. The summed E-state index contributed by atoms with van der Waals surface area (Å²) in [7, 11) is 1.66. The van der Waals surface area contributed by atoms with Gasteiger partial charge in [-0.15, -0.1) is 0 Å². The van der Waals surface area contributed by atoms with Crippen molar-refractivity contribution in [1.82, 2.24) is 9.78 Å². The highest BCUT2D eigenvalue weighted by Gasteiger charge is 2.15. The molecule has 0 radical (unpaired) electrons. The van der Waals surface area contributed by atoms with Crippen molar-refractivity contribution in [3.8, 4) is 5.75 Å². The maximum Gasteiger partial charge on any atom is 0.339 e. The number of carboxylic acids is 1. The molecule has 0 unspecified atom stereocenters. The van der Waals surface area contributed by atoms with Crippen LogP contribution in [0.3, 0.4) is 0 Å². The highest BCUT2D eigenvalue weighted by Crippen LogP contribution is 2.22. The molecule has 1 amide bonds. The van der Waals surface area contributed by atoms with E-state index in [2.05, 4.69) is 10.4 Å². The van der Waals surface area contributed by atoms with Crippen LogP contribution in [0.5, 0.6) is 5.75 Å². The van der Waals surface area contributed by atoms with Gasteiger partial charge < -0.3 is 15.5 Å². The van der Waals surface area contributed by atoms with Crippen LogP contribution in [0, 0.1) is 0 Å². The number of carboxylic acid groups (broad SMARTS) is 1. The minimum atomic E-state index is -1.27. The van der Waals surface area contributed by atoms with Crippen molar-refractivity contribution in [3.63, 3.8) is 0 Å². The van der Waals surface area contributed by atoms with Crippen molar-refractivity contribution >= 4 is 17.6 Å². The predicted molar refractivity (Wildman–Crippen MR) is 75.6 cm³/mol. The van der Waals surface area contributed by atoms with E-state index in [1.165, 1.54) is 22.9 Å². The van der Waals surface area contributed by atoms with Gasteiger partial charge in [-0.3, -0.25) is 9.48 Å². The lowest BCUT2D eigenvalue weighted by atomic mass is 10.1. The molecule has 0 spiro atoms. The van der Waals surface area contributed by atoms with Crippen LogP contribution in [-0.2, 0) is 13.5 Å². The molecule has 0 atom stereocenters. The average Bonchev–Trinajstić information content (AvgIpc) is 2.82. The van der Waals surface area contributed by atoms with Gasteiger partial charge in [-0.2, -0.15) is 5.10 Å². The van der Waals surface area contributed by atoms with Gasteiger partial charge in [-0.25, -0.2) is 4.79 Å². The first kappa shape index (κ1) is 14.6. The van der Waals surface area contributed by atoms with E-state index >= 15 is 0 Å². The van der Waals surface area contributed by atoms with Gasteiger partial charge in [0.25, 0.3) is 5.91 Å². The van der Waals surface area contributed by atoms with Crippen LogP contribution in [0.15, 0.2) is 24.3 Å². The molecule has 110 valence electrons. The molecule has 0 bridgehead atoms. The molecular formula is C14H15N3O4. The van der Waals surface area contributed by atoms with Crippen LogP contribution in [0.1, 0.15) is 33.5 Å². The first-order chi connectivity index (χ1) is 9.92. The van der Waals surface area contributed by atoms with Crippen LogP contribution in [0.25, 0.3) is 0 Å². The second-order valence-corrected chi connectivity index (χ2v) is 4.49. The summed E-state index contributed by atoms with van der Waals surface area (Å²) in [5, 5.41) is 25.1. The van der Waals surface area contributed by atoms with Gasteiger partial charge in [-0.05, 0) is 30.7 Å². The van der Waals surface area contributed by atoms with Crippen molar-refractivity contribution in [2.75, 3.05) is 5.32 Å². The topological polar surface area (TPSA) is 104 Å². The Labute approximate surface area is 120 Å².